The summed E-state index contributed by atoms with van der Waals surface area (Å²) in [5, 5.41) is 11.9. The lowest BCUT2D eigenvalue weighted by Gasteiger charge is -2.65. The number of carbonyl (C=O) groups excluding carboxylic acids is 6. The van der Waals surface area contributed by atoms with Gasteiger partial charge in [-0.25, -0.2) is 0 Å². The number of hydrogen-bond donors (Lipinski definition) is 1. The third-order valence-corrected chi connectivity index (χ3v) is 12.9. The lowest BCUT2D eigenvalue weighted by Crippen LogP contribution is -2.71. The minimum atomic E-state index is -3.21. The quantitative estimate of drug-likeness (QED) is 0.0824. The lowest BCUT2D eigenvalue weighted by atomic mass is 9.45. The largest absolute Gasteiger partial charge is 0.511 e. The number of ketones is 2. The maximum absolute atomic E-state index is 14.5. The summed E-state index contributed by atoms with van der Waals surface area (Å²) in [6.07, 6.45) is 3.27. The number of aliphatic hydroxyl groups is 1. The highest BCUT2D eigenvalue weighted by atomic mass is 35.5. The van der Waals surface area contributed by atoms with Gasteiger partial charge in [-0.1, -0.05) is 73.0 Å². The standard InChI is InChI=1S/C39H55ClO12/c1-8-12-14-33(45)51-39(47,52-34(46)15-13-9-2)49-30-22-36(7)28(27-17-16-25-21-26(41)18-19-35(25,6)37(27,30)40)20-24(5)38(36,50-32(44)11-4)29(42)23-48-31(43)10-3/h18-19,21,24,27-28,30,47H,8-17,20,22-23H2,1-7H3/t24-,27-,28-,30-,35-,36-,37?,38-/m0/s1. The molecule has 1 unspecified atom stereocenters. The van der Waals surface area contributed by atoms with Crippen LogP contribution < -0.4 is 0 Å². The topological polar surface area (TPSA) is 169 Å². The van der Waals surface area contributed by atoms with Gasteiger partial charge in [0.1, 0.15) is 0 Å². The van der Waals surface area contributed by atoms with Crippen LogP contribution in [0.2, 0.25) is 0 Å². The summed E-state index contributed by atoms with van der Waals surface area (Å²) in [5.41, 5.74) is -3.37. The predicted molar refractivity (Wildman–Crippen MR) is 188 cm³/mol. The SMILES string of the molecule is CCCCC(=O)OC(O)(OC(=O)CCCC)O[C@H]1C[C@@]2(C)[C@@H](C[C@H](C)[C@]2(OC(=O)CC)C(=O)COC(=O)CC)[C@@H]2CCC3=CC(=O)C=C[C@]3(C)C12Cl. The highest BCUT2D eigenvalue weighted by Crippen LogP contribution is 2.72. The smallest absolute Gasteiger partial charge is 0.457 e. The van der Waals surface area contributed by atoms with Crippen LogP contribution in [0.25, 0.3) is 0 Å². The first-order chi connectivity index (χ1) is 24.4. The molecule has 4 rings (SSSR count). The second-order valence-corrected chi connectivity index (χ2v) is 15.8. The van der Waals surface area contributed by atoms with Crippen molar-refractivity contribution in [2.75, 3.05) is 6.61 Å². The van der Waals surface area contributed by atoms with Gasteiger partial charge in [-0.05, 0) is 62.5 Å². The zero-order chi connectivity index (χ0) is 38.7. The van der Waals surface area contributed by atoms with E-state index in [0.29, 0.717) is 44.9 Å². The first-order valence-corrected chi connectivity index (χ1v) is 19.2. The summed E-state index contributed by atoms with van der Waals surface area (Å²) >= 11 is 7.97. The molecule has 4 aliphatic carbocycles. The molecule has 0 aromatic rings. The zero-order valence-electron chi connectivity index (χ0n) is 31.5. The van der Waals surface area contributed by atoms with Crippen LogP contribution in [0.3, 0.4) is 0 Å². The van der Waals surface area contributed by atoms with E-state index < -0.39 is 81.7 Å². The van der Waals surface area contributed by atoms with Gasteiger partial charge in [-0.2, -0.15) is 0 Å². The van der Waals surface area contributed by atoms with Crippen LogP contribution in [0.5, 0.6) is 0 Å². The van der Waals surface area contributed by atoms with E-state index >= 15 is 0 Å². The Morgan fingerprint density at radius 2 is 1.52 bits per heavy atom. The van der Waals surface area contributed by atoms with Crippen molar-refractivity contribution < 1.29 is 57.6 Å². The molecule has 4 aliphatic rings. The van der Waals surface area contributed by atoms with E-state index in [-0.39, 0.29) is 43.8 Å². The summed E-state index contributed by atoms with van der Waals surface area (Å²) < 4.78 is 28.8. The van der Waals surface area contributed by atoms with E-state index in [0.717, 1.165) is 5.57 Å². The molecule has 1 N–H and O–H groups in total. The molecule has 0 spiro atoms. The molecule has 0 heterocycles. The van der Waals surface area contributed by atoms with Gasteiger partial charge < -0.3 is 18.9 Å². The molecule has 0 radical (unpaired) electrons. The van der Waals surface area contributed by atoms with Crippen molar-refractivity contribution in [1.29, 1.82) is 0 Å². The van der Waals surface area contributed by atoms with Crippen molar-refractivity contribution in [1.82, 2.24) is 0 Å². The van der Waals surface area contributed by atoms with Crippen LogP contribution in [-0.4, -0.2) is 69.9 Å². The molecule has 0 aliphatic heterocycles. The van der Waals surface area contributed by atoms with Crippen LogP contribution >= 0.6 is 11.6 Å². The van der Waals surface area contributed by atoms with E-state index in [1.54, 1.807) is 26.0 Å². The minimum Gasteiger partial charge on any atom is -0.457 e. The number of allylic oxidation sites excluding steroid dienone is 4. The second kappa shape index (κ2) is 16.1. The number of esters is 4. The van der Waals surface area contributed by atoms with Gasteiger partial charge in [0.2, 0.25) is 5.78 Å². The van der Waals surface area contributed by atoms with Crippen LogP contribution in [0.4, 0.5) is 0 Å². The van der Waals surface area contributed by atoms with Gasteiger partial charge in [0.05, 0.1) is 11.0 Å². The Bertz CT molecular complexity index is 1460. The number of fused-ring (bicyclic) bond motifs is 5. The van der Waals surface area contributed by atoms with Crippen LogP contribution in [0, 0.1) is 28.6 Å². The molecular formula is C39H55ClO12. The van der Waals surface area contributed by atoms with Crippen LogP contribution in [-0.2, 0) is 52.5 Å². The van der Waals surface area contributed by atoms with Gasteiger partial charge >= 0.3 is 30.0 Å². The van der Waals surface area contributed by atoms with Crippen molar-refractivity contribution in [3.05, 3.63) is 23.8 Å². The molecule has 0 aromatic carbocycles. The molecule has 0 saturated heterocycles. The van der Waals surface area contributed by atoms with Gasteiger partial charge in [-0.3, -0.25) is 38.6 Å². The maximum Gasteiger partial charge on any atom is 0.511 e. The molecule has 52 heavy (non-hydrogen) atoms. The summed E-state index contributed by atoms with van der Waals surface area (Å²) in [7, 11) is 0. The monoisotopic (exact) mass is 750 g/mol. The molecule has 13 heteroatoms. The number of carbonyl (C=O) groups is 6. The first kappa shape index (κ1) is 41.7. The first-order valence-electron chi connectivity index (χ1n) is 18.8. The number of unbranched alkanes of at least 4 members (excludes halogenated alkanes) is 2. The van der Waals surface area contributed by atoms with Crippen molar-refractivity contribution in [3.63, 3.8) is 0 Å². The Kier molecular flexibility index (Phi) is 12.9. The fourth-order valence-electron chi connectivity index (χ4n) is 9.38. The Morgan fingerprint density at radius 3 is 2.08 bits per heavy atom. The average molecular weight is 751 g/mol. The summed E-state index contributed by atoms with van der Waals surface area (Å²) in [5.74, 6) is -5.24. The van der Waals surface area contributed by atoms with E-state index in [1.807, 2.05) is 34.6 Å². The van der Waals surface area contributed by atoms with Crippen LogP contribution in [0.1, 0.15) is 126 Å². The van der Waals surface area contributed by atoms with E-state index in [4.69, 9.17) is 35.3 Å². The third-order valence-electron chi connectivity index (χ3n) is 12.0. The number of Topliss-reactive ketones (excluding diaryl/α,β-unsaturated/α-hetero) is 1. The van der Waals surface area contributed by atoms with Crippen molar-refractivity contribution >= 4 is 47.0 Å². The summed E-state index contributed by atoms with van der Waals surface area (Å²) in [6, 6.07) is 0. The summed E-state index contributed by atoms with van der Waals surface area (Å²) in [6.45, 7) is 11.8. The Morgan fingerprint density at radius 1 is 0.923 bits per heavy atom. The average Bonchev–Trinajstić information content (AvgIpc) is 3.31. The predicted octanol–water partition coefficient (Wildman–Crippen LogP) is 6.18. The fourth-order valence-corrected chi connectivity index (χ4v) is 9.94. The van der Waals surface area contributed by atoms with E-state index in [2.05, 4.69) is 0 Å². The molecule has 290 valence electrons. The number of halogens is 1. The number of rotatable bonds is 16. The molecule has 3 fully saturated rings. The third kappa shape index (κ3) is 7.36. The lowest BCUT2D eigenvalue weighted by molar-refractivity contribution is -0.469. The second-order valence-electron chi connectivity index (χ2n) is 15.2. The zero-order valence-corrected chi connectivity index (χ0v) is 32.3. The van der Waals surface area contributed by atoms with E-state index in [1.165, 1.54) is 6.08 Å². The molecule has 12 nitrogen and oxygen atoms in total. The maximum atomic E-state index is 14.5. The van der Waals surface area contributed by atoms with Gasteiger partial charge in [-0.15, -0.1) is 11.6 Å². The Labute approximate surface area is 311 Å². The Balaban J connectivity index is 1.92. The van der Waals surface area contributed by atoms with Crippen molar-refractivity contribution in [2.45, 2.75) is 148 Å². The fraction of sp³-hybridized carbons (Fsp3) is 0.744. The van der Waals surface area contributed by atoms with Gasteiger partial charge in [0.25, 0.3) is 0 Å². The molecule has 8 atom stereocenters. The Hall–Kier alpha value is -3.09. The normalized spacial score (nSPS) is 33.6. The van der Waals surface area contributed by atoms with Crippen molar-refractivity contribution in [2.24, 2.45) is 28.6 Å². The number of alkyl halides is 1. The number of ether oxygens (including phenoxy) is 5. The minimum absolute atomic E-state index is 0.0354. The molecule has 3 saturated carbocycles. The van der Waals surface area contributed by atoms with Gasteiger partial charge in [0.15, 0.2) is 18.0 Å². The van der Waals surface area contributed by atoms with Gasteiger partial charge in [0, 0.05) is 42.4 Å². The highest BCUT2D eigenvalue weighted by Gasteiger charge is 2.77. The van der Waals surface area contributed by atoms with E-state index in [9.17, 15) is 33.9 Å². The highest BCUT2D eigenvalue weighted by molar-refractivity contribution is 6.26. The van der Waals surface area contributed by atoms with Crippen molar-refractivity contribution in [3.8, 4) is 0 Å². The van der Waals surface area contributed by atoms with Crippen LogP contribution in [0.15, 0.2) is 23.8 Å². The summed E-state index contributed by atoms with van der Waals surface area (Å²) in [4.78, 5) is 77.2. The number of hydrogen-bond acceptors (Lipinski definition) is 12. The molecular weight excluding hydrogens is 696 g/mol. The molecule has 0 amide bonds. The molecule has 0 bridgehead atoms. The molecule has 0 aromatic heterocycles.